The van der Waals surface area contributed by atoms with Crippen LogP contribution in [0.1, 0.15) is 26.3 Å². The van der Waals surface area contributed by atoms with Crippen molar-refractivity contribution < 1.29 is 0 Å². The lowest BCUT2D eigenvalue weighted by atomic mass is 9.83. The fourth-order valence-electron chi connectivity index (χ4n) is 2.69. The fraction of sp³-hybridized carbons (Fsp3) is 0.200. The van der Waals surface area contributed by atoms with Gasteiger partial charge < -0.3 is 5.32 Å². The Hall–Kier alpha value is -2.28. The topological polar surface area (TPSA) is 12.0 Å². The van der Waals surface area contributed by atoms with Gasteiger partial charge in [0.25, 0.3) is 0 Å². The number of hydrogen-bond donors (Lipinski definition) is 1. The molecule has 3 rings (SSSR count). The summed E-state index contributed by atoms with van der Waals surface area (Å²) in [5.74, 6) is 0. The third-order valence-corrected chi connectivity index (χ3v) is 3.75. The zero-order valence-corrected chi connectivity index (χ0v) is 12.9. The Morgan fingerprint density at radius 1 is 0.714 bits per heavy atom. The van der Waals surface area contributed by atoms with Crippen LogP contribution in [0.15, 0.2) is 66.7 Å². The van der Waals surface area contributed by atoms with Crippen molar-refractivity contribution in [3.05, 3.63) is 72.3 Å². The molecule has 106 valence electrons. The number of hydrogen-bond acceptors (Lipinski definition) is 1. The van der Waals surface area contributed by atoms with Crippen LogP contribution in [0.4, 0.5) is 11.4 Å². The number of para-hydroxylation sites is 1. The van der Waals surface area contributed by atoms with Gasteiger partial charge in [0.15, 0.2) is 0 Å². The molecule has 0 aliphatic rings. The highest BCUT2D eigenvalue weighted by molar-refractivity contribution is 5.90. The van der Waals surface area contributed by atoms with Gasteiger partial charge in [-0.3, -0.25) is 0 Å². The van der Waals surface area contributed by atoms with Crippen molar-refractivity contribution in [2.24, 2.45) is 0 Å². The standard InChI is InChI=1S/C20H21N/c1-20(2,3)19-11-7-8-15-12-13-17(14-18(15)19)21-16-9-5-4-6-10-16/h4-14,21H,1-3H3. The molecule has 1 nitrogen and oxygen atoms in total. The molecule has 0 fully saturated rings. The van der Waals surface area contributed by atoms with Gasteiger partial charge >= 0.3 is 0 Å². The van der Waals surface area contributed by atoms with E-state index in [-0.39, 0.29) is 5.41 Å². The van der Waals surface area contributed by atoms with Crippen molar-refractivity contribution in [3.8, 4) is 0 Å². The predicted octanol–water partition coefficient (Wildman–Crippen LogP) is 5.88. The summed E-state index contributed by atoms with van der Waals surface area (Å²) in [4.78, 5) is 0. The van der Waals surface area contributed by atoms with Crippen LogP contribution < -0.4 is 5.32 Å². The van der Waals surface area contributed by atoms with E-state index in [1.54, 1.807) is 0 Å². The van der Waals surface area contributed by atoms with Crippen molar-refractivity contribution in [3.63, 3.8) is 0 Å². The molecule has 0 bridgehead atoms. The first-order chi connectivity index (χ1) is 10.0. The van der Waals surface area contributed by atoms with Gasteiger partial charge in [0, 0.05) is 11.4 Å². The Bertz CT molecular complexity index is 752. The van der Waals surface area contributed by atoms with Crippen LogP contribution >= 0.6 is 0 Å². The van der Waals surface area contributed by atoms with Crippen molar-refractivity contribution in [1.82, 2.24) is 0 Å². The molecule has 21 heavy (non-hydrogen) atoms. The SMILES string of the molecule is CC(C)(C)c1cccc2ccc(Nc3ccccc3)cc12. The van der Waals surface area contributed by atoms with E-state index in [4.69, 9.17) is 0 Å². The summed E-state index contributed by atoms with van der Waals surface area (Å²) >= 11 is 0. The van der Waals surface area contributed by atoms with Gasteiger partial charge in [-0.1, -0.05) is 63.2 Å². The first-order valence-electron chi connectivity index (χ1n) is 7.39. The fourth-order valence-corrected chi connectivity index (χ4v) is 2.69. The zero-order valence-electron chi connectivity index (χ0n) is 12.9. The van der Waals surface area contributed by atoms with Crippen molar-refractivity contribution >= 4 is 22.1 Å². The van der Waals surface area contributed by atoms with Crippen LogP contribution in [0.3, 0.4) is 0 Å². The van der Waals surface area contributed by atoms with Gasteiger partial charge in [-0.15, -0.1) is 0 Å². The molecule has 0 aromatic heterocycles. The number of fused-ring (bicyclic) bond motifs is 1. The van der Waals surface area contributed by atoms with Crippen LogP contribution in [0.2, 0.25) is 0 Å². The molecule has 3 aromatic carbocycles. The second kappa shape index (κ2) is 5.25. The lowest BCUT2D eigenvalue weighted by molar-refractivity contribution is 0.596. The summed E-state index contributed by atoms with van der Waals surface area (Å²) < 4.78 is 0. The maximum atomic E-state index is 3.47. The summed E-state index contributed by atoms with van der Waals surface area (Å²) in [6.45, 7) is 6.79. The summed E-state index contributed by atoms with van der Waals surface area (Å²) in [7, 11) is 0. The molecule has 0 saturated heterocycles. The number of rotatable bonds is 2. The van der Waals surface area contributed by atoms with Gasteiger partial charge in [-0.05, 0) is 46.0 Å². The van der Waals surface area contributed by atoms with E-state index < -0.39 is 0 Å². The third kappa shape index (κ3) is 2.92. The van der Waals surface area contributed by atoms with Crippen molar-refractivity contribution in [2.45, 2.75) is 26.2 Å². The van der Waals surface area contributed by atoms with E-state index in [0.717, 1.165) is 11.4 Å². The molecule has 3 aromatic rings. The molecule has 0 unspecified atom stereocenters. The minimum Gasteiger partial charge on any atom is -0.356 e. The van der Waals surface area contributed by atoms with Gasteiger partial charge in [0.05, 0.1) is 0 Å². The summed E-state index contributed by atoms with van der Waals surface area (Å²) in [5, 5.41) is 6.09. The number of anilines is 2. The van der Waals surface area contributed by atoms with E-state index in [1.165, 1.54) is 16.3 Å². The van der Waals surface area contributed by atoms with Gasteiger partial charge in [0.2, 0.25) is 0 Å². The lowest BCUT2D eigenvalue weighted by Gasteiger charge is -2.22. The van der Waals surface area contributed by atoms with E-state index in [1.807, 2.05) is 18.2 Å². The largest absolute Gasteiger partial charge is 0.356 e. The second-order valence-corrected chi connectivity index (χ2v) is 6.48. The molecule has 0 amide bonds. The van der Waals surface area contributed by atoms with Crippen LogP contribution in [0, 0.1) is 0 Å². The van der Waals surface area contributed by atoms with Gasteiger partial charge in [-0.25, -0.2) is 0 Å². The minimum atomic E-state index is 0.144. The molecule has 0 heterocycles. The third-order valence-electron chi connectivity index (χ3n) is 3.75. The Morgan fingerprint density at radius 3 is 2.19 bits per heavy atom. The maximum absolute atomic E-state index is 3.47. The number of nitrogens with one attached hydrogen (secondary N) is 1. The summed E-state index contributed by atoms with van der Waals surface area (Å²) in [6.07, 6.45) is 0. The van der Waals surface area contributed by atoms with Crippen LogP contribution in [-0.4, -0.2) is 0 Å². The Balaban J connectivity index is 2.07. The molecule has 0 aliphatic carbocycles. The molecular formula is C20H21N. The van der Waals surface area contributed by atoms with Crippen LogP contribution in [0.25, 0.3) is 10.8 Å². The second-order valence-electron chi connectivity index (χ2n) is 6.48. The molecule has 1 N–H and O–H groups in total. The van der Waals surface area contributed by atoms with Gasteiger partial charge in [-0.2, -0.15) is 0 Å². The average molecular weight is 275 g/mol. The Kier molecular flexibility index (Phi) is 3.42. The first kappa shape index (κ1) is 13.7. The molecule has 1 heteroatoms. The predicted molar refractivity (Wildman–Crippen MR) is 92.4 cm³/mol. The normalized spacial score (nSPS) is 11.6. The molecular weight excluding hydrogens is 254 g/mol. The van der Waals surface area contributed by atoms with Crippen molar-refractivity contribution in [2.75, 3.05) is 5.32 Å². The minimum absolute atomic E-state index is 0.144. The van der Waals surface area contributed by atoms with E-state index in [2.05, 4.69) is 74.6 Å². The van der Waals surface area contributed by atoms with Crippen LogP contribution in [0.5, 0.6) is 0 Å². The first-order valence-corrected chi connectivity index (χ1v) is 7.39. The van der Waals surface area contributed by atoms with E-state index >= 15 is 0 Å². The van der Waals surface area contributed by atoms with E-state index in [0.29, 0.717) is 0 Å². The summed E-state index contributed by atoms with van der Waals surface area (Å²) in [5.41, 5.74) is 3.78. The average Bonchev–Trinajstić information content (AvgIpc) is 2.46. The monoisotopic (exact) mass is 275 g/mol. The number of benzene rings is 3. The highest BCUT2D eigenvalue weighted by Gasteiger charge is 2.16. The van der Waals surface area contributed by atoms with E-state index in [9.17, 15) is 0 Å². The molecule has 0 radical (unpaired) electrons. The molecule has 0 spiro atoms. The Morgan fingerprint density at radius 2 is 1.48 bits per heavy atom. The lowest BCUT2D eigenvalue weighted by Crippen LogP contribution is -2.11. The highest BCUT2D eigenvalue weighted by Crippen LogP contribution is 2.32. The van der Waals surface area contributed by atoms with Crippen molar-refractivity contribution in [1.29, 1.82) is 0 Å². The Labute approximate surface area is 126 Å². The molecule has 0 atom stereocenters. The highest BCUT2D eigenvalue weighted by atomic mass is 14.9. The smallest absolute Gasteiger partial charge is 0.0390 e. The van der Waals surface area contributed by atoms with Gasteiger partial charge in [0.1, 0.15) is 0 Å². The quantitative estimate of drug-likeness (QED) is 0.615. The zero-order chi connectivity index (χ0) is 14.9. The van der Waals surface area contributed by atoms with Crippen LogP contribution in [-0.2, 0) is 5.41 Å². The molecule has 0 saturated carbocycles. The summed E-state index contributed by atoms with van der Waals surface area (Å²) in [6, 6.07) is 23.4. The maximum Gasteiger partial charge on any atom is 0.0390 e. The molecule has 0 aliphatic heterocycles.